The van der Waals surface area contributed by atoms with Crippen LogP contribution in [0.15, 0.2) is 23.0 Å². The lowest BCUT2D eigenvalue weighted by atomic mass is 10.2. The smallest absolute Gasteiger partial charge is 0.214 e. The fraction of sp³-hybridized carbons (Fsp3) is 0.333. The number of aromatic nitrogens is 2. The largest absolute Gasteiger partial charge is 0.478 e. The van der Waals surface area contributed by atoms with Gasteiger partial charge in [-0.25, -0.2) is 4.98 Å². The topological polar surface area (TPSA) is 55.0 Å². The minimum Gasteiger partial charge on any atom is -0.478 e. The van der Waals surface area contributed by atoms with Gasteiger partial charge in [-0.2, -0.15) is 0 Å². The minimum atomic E-state index is -0.0628. The van der Waals surface area contributed by atoms with Gasteiger partial charge >= 0.3 is 0 Å². The molecular weight excluding hydrogens is 204 g/mol. The van der Waals surface area contributed by atoms with Crippen LogP contribution in [0.3, 0.4) is 0 Å². The molecule has 0 aliphatic rings. The molecule has 2 heterocycles. The third kappa shape index (κ3) is 1.91. The molecular formula is C12H14N2O2. The van der Waals surface area contributed by atoms with Crippen molar-refractivity contribution in [1.82, 2.24) is 9.97 Å². The Hall–Kier alpha value is -1.84. The summed E-state index contributed by atoms with van der Waals surface area (Å²) in [5.74, 6) is 0.491. The van der Waals surface area contributed by atoms with Gasteiger partial charge in [0.15, 0.2) is 0 Å². The van der Waals surface area contributed by atoms with E-state index >= 15 is 0 Å². The number of nitrogens with zero attached hydrogens (tertiary/aromatic N) is 1. The molecule has 0 saturated carbocycles. The van der Waals surface area contributed by atoms with E-state index in [0.29, 0.717) is 18.0 Å². The Balaban J connectivity index is 2.61. The third-order valence-electron chi connectivity index (χ3n) is 2.38. The molecule has 0 aliphatic carbocycles. The maximum absolute atomic E-state index is 11.8. The van der Waals surface area contributed by atoms with E-state index in [-0.39, 0.29) is 5.43 Å². The number of aromatic amines is 1. The summed E-state index contributed by atoms with van der Waals surface area (Å²) < 4.78 is 5.26. The second-order valence-electron chi connectivity index (χ2n) is 3.49. The monoisotopic (exact) mass is 218 g/mol. The Morgan fingerprint density at radius 3 is 2.88 bits per heavy atom. The highest BCUT2D eigenvalue weighted by Crippen LogP contribution is 2.12. The molecule has 0 aliphatic heterocycles. The van der Waals surface area contributed by atoms with Crippen molar-refractivity contribution in [3.63, 3.8) is 0 Å². The number of hydrogen-bond acceptors (Lipinski definition) is 3. The summed E-state index contributed by atoms with van der Waals surface area (Å²) in [5, 5.41) is 0. The van der Waals surface area contributed by atoms with Crippen LogP contribution in [0.2, 0.25) is 0 Å². The van der Waals surface area contributed by atoms with Crippen LogP contribution in [0.1, 0.15) is 19.5 Å². The summed E-state index contributed by atoms with van der Waals surface area (Å²) in [6.07, 6.45) is 0.804. The summed E-state index contributed by atoms with van der Waals surface area (Å²) in [5.41, 5.74) is 2.05. The summed E-state index contributed by atoms with van der Waals surface area (Å²) >= 11 is 0. The van der Waals surface area contributed by atoms with E-state index in [0.717, 1.165) is 17.6 Å². The minimum absolute atomic E-state index is 0.0628. The zero-order chi connectivity index (χ0) is 11.5. The number of hydrogen-bond donors (Lipinski definition) is 1. The van der Waals surface area contributed by atoms with Gasteiger partial charge in [-0.15, -0.1) is 0 Å². The van der Waals surface area contributed by atoms with Crippen molar-refractivity contribution < 1.29 is 4.74 Å². The summed E-state index contributed by atoms with van der Waals surface area (Å²) in [4.78, 5) is 19.1. The quantitative estimate of drug-likeness (QED) is 0.855. The number of H-pyrrole nitrogens is 1. The molecule has 0 bridgehead atoms. The summed E-state index contributed by atoms with van der Waals surface area (Å²) in [6, 6.07) is 5.18. The first kappa shape index (κ1) is 10.7. The average molecular weight is 218 g/mol. The van der Waals surface area contributed by atoms with E-state index in [1.165, 1.54) is 0 Å². The highest BCUT2D eigenvalue weighted by Gasteiger charge is 2.04. The Labute approximate surface area is 93.3 Å². The van der Waals surface area contributed by atoms with E-state index in [2.05, 4.69) is 9.97 Å². The highest BCUT2D eigenvalue weighted by molar-refractivity contribution is 5.74. The molecule has 0 fully saturated rings. The molecule has 2 aromatic heterocycles. The molecule has 0 radical (unpaired) electrons. The normalized spacial score (nSPS) is 10.6. The van der Waals surface area contributed by atoms with Gasteiger partial charge in [0, 0.05) is 17.8 Å². The van der Waals surface area contributed by atoms with Crippen molar-refractivity contribution in [2.75, 3.05) is 6.61 Å². The number of aryl methyl sites for hydroxylation is 1. The van der Waals surface area contributed by atoms with Crippen LogP contribution < -0.4 is 10.2 Å². The molecule has 16 heavy (non-hydrogen) atoms. The van der Waals surface area contributed by atoms with Gasteiger partial charge in [0.1, 0.15) is 5.52 Å². The lowest BCUT2D eigenvalue weighted by Crippen LogP contribution is -2.07. The maximum atomic E-state index is 11.8. The molecule has 84 valence electrons. The molecule has 2 aromatic rings. The first-order chi connectivity index (χ1) is 7.74. The van der Waals surface area contributed by atoms with Gasteiger partial charge < -0.3 is 9.72 Å². The highest BCUT2D eigenvalue weighted by atomic mass is 16.5. The second kappa shape index (κ2) is 4.35. The number of nitrogens with one attached hydrogen (secondary N) is 1. The van der Waals surface area contributed by atoms with E-state index in [9.17, 15) is 4.79 Å². The zero-order valence-electron chi connectivity index (χ0n) is 9.41. The van der Waals surface area contributed by atoms with Gasteiger partial charge in [-0.1, -0.05) is 6.92 Å². The summed E-state index contributed by atoms with van der Waals surface area (Å²) in [7, 11) is 0. The number of ether oxygens (including phenoxy) is 1. The second-order valence-corrected chi connectivity index (χ2v) is 3.49. The van der Waals surface area contributed by atoms with Crippen molar-refractivity contribution in [2.45, 2.75) is 20.3 Å². The van der Waals surface area contributed by atoms with Gasteiger partial charge in [0.2, 0.25) is 11.3 Å². The van der Waals surface area contributed by atoms with Crippen molar-refractivity contribution >= 4 is 11.0 Å². The molecule has 1 N–H and O–H groups in total. The molecule has 0 aromatic carbocycles. The fourth-order valence-corrected chi connectivity index (χ4v) is 1.58. The van der Waals surface area contributed by atoms with Crippen LogP contribution in [0.4, 0.5) is 0 Å². The standard InChI is InChI=1S/C12H14N2O2/c1-3-8-7-10(15)12-9(13-8)5-6-11(14-12)16-4-2/h5-7H,3-4H2,1-2H3,(H,13,15). The van der Waals surface area contributed by atoms with Crippen molar-refractivity contribution in [3.05, 3.63) is 34.1 Å². The van der Waals surface area contributed by atoms with E-state index in [1.807, 2.05) is 19.9 Å². The van der Waals surface area contributed by atoms with Crippen LogP contribution in [-0.2, 0) is 6.42 Å². The van der Waals surface area contributed by atoms with Crippen molar-refractivity contribution in [1.29, 1.82) is 0 Å². The Morgan fingerprint density at radius 2 is 2.19 bits per heavy atom. The van der Waals surface area contributed by atoms with Crippen molar-refractivity contribution in [3.8, 4) is 5.88 Å². The lowest BCUT2D eigenvalue weighted by molar-refractivity contribution is 0.328. The first-order valence-electron chi connectivity index (χ1n) is 5.40. The number of pyridine rings is 2. The third-order valence-corrected chi connectivity index (χ3v) is 2.38. The van der Waals surface area contributed by atoms with Crippen LogP contribution in [0.5, 0.6) is 5.88 Å². The molecule has 4 nitrogen and oxygen atoms in total. The van der Waals surface area contributed by atoms with Crippen molar-refractivity contribution in [2.24, 2.45) is 0 Å². The SMILES string of the molecule is CCOc1ccc2[nH]c(CC)cc(=O)c2n1. The molecule has 0 unspecified atom stereocenters. The van der Waals surface area contributed by atoms with Crippen LogP contribution >= 0.6 is 0 Å². The van der Waals surface area contributed by atoms with E-state index in [4.69, 9.17) is 4.74 Å². The zero-order valence-corrected chi connectivity index (χ0v) is 9.41. The summed E-state index contributed by atoms with van der Waals surface area (Å²) in [6.45, 7) is 4.43. The molecule has 0 spiro atoms. The first-order valence-corrected chi connectivity index (χ1v) is 5.40. The predicted octanol–water partition coefficient (Wildman–Crippen LogP) is 1.88. The van der Waals surface area contributed by atoms with Crippen LogP contribution in [0, 0.1) is 0 Å². The van der Waals surface area contributed by atoms with Crippen LogP contribution in [-0.4, -0.2) is 16.6 Å². The van der Waals surface area contributed by atoms with E-state index < -0.39 is 0 Å². The van der Waals surface area contributed by atoms with Gasteiger partial charge in [-0.3, -0.25) is 4.79 Å². The Bertz CT molecular complexity index is 560. The molecule has 0 saturated heterocycles. The fourth-order valence-electron chi connectivity index (χ4n) is 1.58. The van der Waals surface area contributed by atoms with Gasteiger partial charge in [0.05, 0.1) is 12.1 Å². The van der Waals surface area contributed by atoms with Crippen LogP contribution in [0.25, 0.3) is 11.0 Å². The Morgan fingerprint density at radius 1 is 1.38 bits per heavy atom. The molecule has 0 amide bonds. The van der Waals surface area contributed by atoms with E-state index in [1.54, 1.807) is 12.1 Å². The molecule has 4 heteroatoms. The van der Waals surface area contributed by atoms with Gasteiger partial charge in [0.25, 0.3) is 0 Å². The predicted molar refractivity (Wildman–Crippen MR) is 62.9 cm³/mol. The molecule has 2 rings (SSSR count). The maximum Gasteiger partial charge on any atom is 0.214 e. The van der Waals surface area contributed by atoms with Gasteiger partial charge in [-0.05, 0) is 19.4 Å². The Kier molecular flexibility index (Phi) is 2.90. The number of fused-ring (bicyclic) bond motifs is 1. The molecule has 0 atom stereocenters. The lowest BCUT2D eigenvalue weighted by Gasteiger charge is -2.04. The number of rotatable bonds is 3. The average Bonchev–Trinajstić information content (AvgIpc) is 2.30.